The van der Waals surface area contributed by atoms with Gasteiger partial charge in [-0.15, -0.1) is 11.8 Å². The molecule has 4 nitrogen and oxygen atoms in total. The fourth-order valence-corrected chi connectivity index (χ4v) is 3.95. The van der Waals surface area contributed by atoms with E-state index in [1.807, 2.05) is 41.3 Å². The van der Waals surface area contributed by atoms with Crippen molar-refractivity contribution in [2.45, 2.75) is 11.3 Å². The molecule has 0 saturated carbocycles. The number of hydrogen-bond donors (Lipinski definition) is 1. The van der Waals surface area contributed by atoms with E-state index in [-0.39, 0.29) is 12.5 Å². The van der Waals surface area contributed by atoms with Gasteiger partial charge in [-0.25, -0.2) is 0 Å². The first-order valence-corrected chi connectivity index (χ1v) is 10.3. The van der Waals surface area contributed by atoms with Gasteiger partial charge in [0.05, 0.1) is 0 Å². The first-order chi connectivity index (χ1) is 12.7. The van der Waals surface area contributed by atoms with Gasteiger partial charge in [-0.1, -0.05) is 30.3 Å². The number of nitrogens with zero attached hydrogens (tertiary/aromatic N) is 2. The number of hydrogen-bond acceptors (Lipinski definition) is 4. The van der Waals surface area contributed by atoms with Crippen LogP contribution in [0.15, 0.2) is 53.4 Å². The van der Waals surface area contributed by atoms with Crippen molar-refractivity contribution in [3.8, 4) is 11.1 Å². The lowest BCUT2D eigenvalue weighted by atomic mass is 10.0. The van der Waals surface area contributed by atoms with Crippen LogP contribution in [-0.2, 0) is 0 Å². The largest absolute Gasteiger partial charge is 0.396 e. The number of carbonyl (C=O) groups is 1. The molecule has 1 saturated heterocycles. The number of rotatable bonds is 6. The Morgan fingerprint density at radius 1 is 1.04 bits per heavy atom. The number of aliphatic hydroxyl groups is 1. The summed E-state index contributed by atoms with van der Waals surface area (Å²) in [6.45, 7) is 4.39. The van der Waals surface area contributed by atoms with Crippen molar-refractivity contribution < 1.29 is 9.90 Å². The molecule has 1 aliphatic rings. The van der Waals surface area contributed by atoms with Crippen LogP contribution in [0.2, 0.25) is 0 Å². The van der Waals surface area contributed by atoms with Crippen LogP contribution in [-0.4, -0.2) is 66.4 Å². The summed E-state index contributed by atoms with van der Waals surface area (Å²) in [7, 11) is 0. The summed E-state index contributed by atoms with van der Waals surface area (Å²) in [4.78, 5) is 18.2. The number of aliphatic hydroxyl groups excluding tert-OH is 1. The van der Waals surface area contributed by atoms with Gasteiger partial charge in [0.25, 0.3) is 5.91 Å². The average molecular weight is 371 g/mol. The molecule has 0 unspecified atom stereocenters. The molecule has 0 radical (unpaired) electrons. The molecule has 1 amide bonds. The van der Waals surface area contributed by atoms with Crippen molar-refractivity contribution in [3.63, 3.8) is 0 Å². The van der Waals surface area contributed by atoms with Gasteiger partial charge in [0, 0.05) is 49.8 Å². The Bertz CT molecular complexity index is 725. The molecule has 2 aromatic rings. The Hall–Kier alpha value is -1.82. The molecule has 0 aromatic heterocycles. The molecule has 5 heteroatoms. The molecular formula is C21H26N2O2S. The van der Waals surface area contributed by atoms with Crippen molar-refractivity contribution >= 4 is 17.7 Å². The van der Waals surface area contributed by atoms with Gasteiger partial charge in [-0.05, 0) is 42.0 Å². The van der Waals surface area contributed by atoms with E-state index in [0.717, 1.165) is 50.3 Å². The Morgan fingerprint density at radius 2 is 1.73 bits per heavy atom. The van der Waals surface area contributed by atoms with Gasteiger partial charge in [0.15, 0.2) is 0 Å². The summed E-state index contributed by atoms with van der Waals surface area (Å²) in [5.74, 6) is 0.108. The highest BCUT2D eigenvalue weighted by molar-refractivity contribution is 7.98. The van der Waals surface area contributed by atoms with Gasteiger partial charge in [0.1, 0.15) is 0 Å². The maximum absolute atomic E-state index is 12.8. The number of piperazine rings is 1. The molecule has 2 aromatic carbocycles. The third-order valence-electron chi connectivity index (χ3n) is 4.84. The average Bonchev–Trinajstić information content (AvgIpc) is 2.72. The second-order valence-electron chi connectivity index (χ2n) is 6.49. The van der Waals surface area contributed by atoms with Crippen molar-refractivity contribution in [2.75, 3.05) is 45.6 Å². The van der Waals surface area contributed by atoms with E-state index in [2.05, 4.69) is 23.3 Å². The topological polar surface area (TPSA) is 43.8 Å². The van der Waals surface area contributed by atoms with Crippen LogP contribution < -0.4 is 0 Å². The predicted molar refractivity (Wildman–Crippen MR) is 108 cm³/mol. The smallest absolute Gasteiger partial charge is 0.253 e. The van der Waals surface area contributed by atoms with E-state index in [1.54, 1.807) is 11.8 Å². The minimum absolute atomic E-state index is 0.108. The van der Waals surface area contributed by atoms with E-state index >= 15 is 0 Å². The SMILES string of the molecule is CSc1ccccc1-c1ccc(C(=O)N2CCN(CCCO)CC2)cc1. The third-order valence-corrected chi connectivity index (χ3v) is 5.64. The molecule has 0 bridgehead atoms. The second kappa shape index (κ2) is 9.21. The molecule has 0 atom stereocenters. The predicted octanol–water partition coefficient (Wildman–Crippen LogP) is 3.22. The van der Waals surface area contributed by atoms with Gasteiger partial charge < -0.3 is 10.0 Å². The molecule has 3 rings (SSSR count). The summed E-state index contributed by atoms with van der Waals surface area (Å²) >= 11 is 1.73. The van der Waals surface area contributed by atoms with Crippen LogP contribution in [0.1, 0.15) is 16.8 Å². The molecule has 1 N–H and O–H groups in total. The number of amides is 1. The lowest BCUT2D eigenvalue weighted by molar-refractivity contribution is 0.0629. The number of thioether (sulfide) groups is 1. The highest BCUT2D eigenvalue weighted by Crippen LogP contribution is 2.30. The molecule has 1 fully saturated rings. The minimum atomic E-state index is 0.108. The zero-order chi connectivity index (χ0) is 18.4. The standard InChI is InChI=1S/C21H26N2O2S/c1-26-20-6-3-2-5-19(20)17-7-9-18(10-8-17)21(25)23-14-12-22(13-15-23)11-4-16-24/h2-3,5-10,24H,4,11-16H2,1H3. The summed E-state index contributed by atoms with van der Waals surface area (Å²) in [5, 5.41) is 8.93. The van der Waals surface area contributed by atoms with Crippen LogP contribution in [0.25, 0.3) is 11.1 Å². The normalized spacial score (nSPS) is 15.2. The molecule has 26 heavy (non-hydrogen) atoms. The highest BCUT2D eigenvalue weighted by Gasteiger charge is 2.21. The van der Waals surface area contributed by atoms with Crippen molar-refractivity contribution in [1.82, 2.24) is 9.80 Å². The molecule has 138 valence electrons. The van der Waals surface area contributed by atoms with E-state index in [1.165, 1.54) is 10.5 Å². The molecule has 1 aliphatic heterocycles. The van der Waals surface area contributed by atoms with Crippen LogP contribution in [0, 0.1) is 0 Å². The highest BCUT2D eigenvalue weighted by atomic mass is 32.2. The van der Waals surface area contributed by atoms with E-state index in [4.69, 9.17) is 5.11 Å². The van der Waals surface area contributed by atoms with Gasteiger partial charge >= 0.3 is 0 Å². The lowest BCUT2D eigenvalue weighted by Crippen LogP contribution is -2.48. The quantitative estimate of drug-likeness (QED) is 0.793. The van der Waals surface area contributed by atoms with Crippen molar-refractivity contribution in [3.05, 3.63) is 54.1 Å². The van der Waals surface area contributed by atoms with Crippen LogP contribution in [0.5, 0.6) is 0 Å². The Morgan fingerprint density at radius 3 is 2.38 bits per heavy atom. The van der Waals surface area contributed by atoms with Crippen LogP contribution in [0.4, 0.5) is 0 Å². The van der Waals surface area contributed by atoms with Gasteiger partial charge in [0.2, 0.25) is 0 Å². The Balaban J connectivity index is 1.64. The van der Waals surface area contributed by atoms with Gasteiger partial charge in [-0.3, -0.25) is 9.69 Å². The maximum Gasteiger partial charge on any atom is 0.253 e. The lowest BCUT2D eigenvalue weighted by Gasteiger charge is -2.34. The zero-order valence-corrected chi connectivity index (χ0v) is 16.0. The number of carbonyl (C=O) groups excluding carboxylic acids is 1. The minimum Gasteiger partial charge on any atom is -0.396 e. The van der Waals surface area contributed by atoms with Crippen molar-refractivity contribution in [2.24, 2.45) is 0 Å². The summed E-state index contributed by atoms with van der Waals surface area (Å²) < 4.78 is 0. The zero-order valence-electron chi connectivity index (χ0n) is 15.2. The van der Waals surface area contributed by atoms with Crippen molar-refractivity contribution in [1.29, 1.82) is 0 Å². The maximum atomic E-state index is 12.8. The first-order valence-electron chi connectivity index (χ1n) is 9.09. The Kier molecular flexibility index (Phi) is 6.72. The molecular weight excluding hydrogens is 344 g/mol. The van der Waals surface area contributed by atoms with E-state index in [0.29, 0.717) is 0 Å². The molecule has 0 spiro atoms. The first kappa shape index (κ1) is 19.0. The van der Waals surface area contributed by atoms with Crippen LogP contribution in [0.3, 0.4) is 0 Å². The summed E-state index contributed by atoms with van der Waals surface area (Å²) in [6, 6.07) is 16.3. The number of benzene rings is 2. The monoisotopic (exact) mass is 370 g/mol. The Labute approximate surface area is 159 Å². The third kappa shape index (κ3) is 4.47. The summed E-state index contributed by atoms with van der Waals surface area (Å²) in [5.41, 5.74) is 3.09. The molecule has 0 aliphatic carbocycles. The van der Waals surface area contributed by atoms with Gasteiger partial charge in [-0.2, -0.15) is 0 Å². The van der Waals surface area contributed by atoms with Crippen LogP contribution >= 0.6 is 11.8 Å². The fourth-order valence-electron chi connectivity index (χ4n) is 3.33. The van der Waals surface area contributed by atoms with E-state index in [9.17, 15) is 4.79 Å². The second-order valence-corrected chi connectivity index (χ2v) is 7.34. The van der Waals surface area contributed by atoms with E-state index < -0.39 is 0 Å². The summed E-state index contributed by atoms with van der Waals surface area (Å²) in [6.07, 6.45) is 2.88. The fraction of sp³-hybridized carbons (Fsp3) is 0.381. The molecule has 1 heterocycles.